The molecule has 0 fully saturated rings. The van der Waals surface area contributed by atoms with Crippen LogP contribution in [0, 0.1) is 0 Å². The highest BCUT2D eigenvalue weighted by Crippen LogP contribution is 2.28. The fourth-order valence-electron chi connectivity index (χ4n) is 2.46. The molecule has 3 nitrogen and oxygen atoms in total. The molecule has 16 heavy (non-hydrogen) atoms. The van der Waals surface area contributed by atoms with Crippen molar-refractivity contribution in [1.82, 2.24) is 15.1 Å². The third kappa shape index (κ3) is 2.53. The molecule has 3 heteroatoms. The number of likely N-dealkylation sites (N-methyl/N-ethyl adjacent to an activating group) is 1. The Labute approximate surface area is 97.5 Å². The summed E-state index contributed by atoms with van der Waals surface area (Å²) in [6, 6.07) is 0.354. The van der Waals surface area contributed by atoms with Gasteiger partial charge < -0.3 is 5.32 Å². The molecule has 1 N–H and O–H groups in total. The predicted molar refractivity (Wildman–Crippen MR) is 66.2 cm³/mol. The molecule has 0 saturated carbocycles. The Morgan fingerprint density at radius 1 is 1.38 bits per heavy atom. The van der Waals surface area contributed by atoms with Crippen molar-refractivity contribution in [3.8, 4) is 0 Å². The van der Waals surface area contributed by atoms with Gasteiger partial charge in [-0.1, -0.05) is 18.1 Å². The standard InChI is InChI=1S/C13H21N3/c1-14-13(12-9-15-16(2)10-12)11-7-5-3-4-6-8-11/h7,9-10,13-14H,3-6,8H2,1-2H3. The van der Waals surface area contributed by atoms with E-state index in [4.69, 9.17) is 0 Å². The molecule has 0 aliphatic heterocycles. The first-order valence-corrected chi connectivity index (χ1v) is 6.16. The monoisotopic (exact) mass is 219 g/mol. The van der Waals surface area contributed by atoms with Gasteiger partial charge in [-0.05, 0) is 32.7 Å². The van der Waals surface area contributed by atoms with Crippen molar-refractivity contribution >= 4 is 0 Å². The Hall–Kier alpha value is -1.09. The summed E-state index contributed by atoms with van der Waals surface area (Å²) in [5, 5.41) is 7.66. The molecule has 1 atom stereocenters. The van der Waals surface area contributed by atoms with Crippen molar-refractivity contribution in [2.45, 2.75) is 38.1 Å². The average Bonchev–Trinajstić information content (AvgIpc) is 2.55. The molecule has 0 amide bonds. The molecule has 1 aliphatic carbocycles. The Morgan fingerprint density at radius 3 is 2.94 bits per heavy atom. The Kier molecular flexibility index (Phi) is 3.78. The van der Waals surface area contributed by atoms with Gasteiger partial charge in [0.2, 0.25) is 0 Å². The van der Waals surface area contributed by atoms with Gasteiger partial charge in [-0.15, -0.1) is 0 Å². The maximum atomic E-state index is 4.25. The summed E-state index contributed by atoms with van der Waals surface area (Å²) in [5.41, 5.74) is 2.81. The maximum Gasteiger partial charge on any atom is 0.0564 e. The lowest BCUT2D eigenvalue weighted by Crippen LogP contribution is -2.18. The zero-order chi connectivity index (χ0) is 11.4. The van der Waals surface area contributed by atoms with Crippen LogP contribution in [0.4, 0.5) is 0 Å². The van der Waals surface area contributed by atoms with Crippen LogP contribution >= 0.6 is 0 Å². The fourth-order valence-corrected chi connectivity index (χ4v) is 2.46. The highest BCUT2D eigenvalue weighted by molar-refractivity contribution is 5.24. The van der Waals surface area contributed by atoms with Crippen LogP contribution < -0.4 is 5.32 Å². The van der Waals surface area contributed by atoms with Crippen LogP contribution in [0.3, 0.4) is 0 Å². The summed E-state index contributed by atoms with van der Waals surface area (Å²) >= 11 is 0. The fraction of sp³-hybridized carbons (Fsp3) is 0.615. The van der Waals surface area contributed by atoms with Crippen LogP contribution in [0.25, 0.3) is 0 Å². The molecule has 0 radical (unpaired) electrons. The molecule has 1 aromatic heterocycles. The van der Waals surface area contributed by atoms with Gasteiger partial charge in [0.05, 0.1) is 12.2 Å². The molecule has 2 rings (SSSR count). The van der Waals surface area contributed by atoms with Crippen LogP contribution in [0.5, 0.6) is 0 Å². The van der Waals surface area contributed by atoms with E-state index in [1.54, 1.807) is 0 Å². The van der Waals surface area contributed by atoms with E-state index in [2.05, 4.69) is 22.7 Å². The van der Waals surface area contributed by atoms with Crippen LogP contribution in [0.1, 0.15) is 43.7 Å². The van der Waals surface area contributed by atoms with E-state index in [9.17, 15) is 0 Å². The summed E-state index contributed by atoms with van der Waals surface area (Å²) in [6.07, 6.45) is 13.0. The van der Waals surface area contributed by atoms with Gasteiger partial charge in [-0.2, -0.15) is 5.10 Å². The van der Waals surface area contributed by atoms with Gasteiger partial charge in [-0.3, -0.25) is 4.68 Å². The zero-order valence-corrected chi connectivity index (χ0v) is 10.2. The van der Waals surface area contributed by atoms with Crippen LogP contribution in [0.2, 0.25) is 0 Å². The minimum absolute atomic E-state index is 0.354. The number of aromatic nitrogens is 2. The highest BCUT2D eigenvalue weighted by atomic mass is 15.2. The Balaban J connectivity index is 2.18. The lowest BCUT2D eigenvalue weighted by Gasteiger charge is -2.18. The molecule has 1 unspecified atom stereocenters. The number of hydrogen-bond donors (Lipinski definition) is 1. The van der Waals surface area contributed by atoms with E-state index >= 15 is 0 Å². The number of rotatable bonds is 3. The second kappa shape index (κ2) is 5.30. The lowest BCUT2D eigenvalue weighted by molar-refractivity contribution is 0.628. The van der Waals surface area contributed by atoms with E-state index in [0.29, 0.717) is 6.04 Å². The van der Waals surface area contributed by atoms with Crippen LogP contribution in [-0.2, 0) is 7.05 Å². The third-order valence-electron chi connectivity index (χ3n) is 3.29. The van der Waals surface area contributed by atoms with E-state index in [1.165, 1.54) is 43.2 Å². The number of allylic oxidation sites excluding steroid dienone is 1. The molecule has 0 spiro atoms. The molecule has 88 valence electrons. The summed E-state index contributed by atoms with van der Waals surface area (Å²) in [6.45, 7) is 0. The molecular weight excluding hydrogens is 198 g/mol. The van der Waals surface area contributed by atoms with E-state index in [0.717, 1.165) is 0 Å². The van der Waals surface area contributed by atoms with Crippen molar-refractivity contribution in [1.29, 1.82) is 0 Å². The Morgan fingerprint density at radius 2 is 2.25 bits per heavy atom. The van der Waals surface area contributed by atoms with Gasteiger partial charge in [0.25, 0.3) is 0 Å². The molecule has 1 heterocycles. The SMILES string of the molecule is CNC(C1=CCCCCC1)c1cnn(C)c1. The average molecular weight is 219 g/mol. The van der Waals surface area contributed by atoms with Gasteiger partial charge in [0, 0.05) is 18.8 Å². The molecule has 1 aliphatic rings. The quantitative estimate of drug-likeness (QED) is 0.792. The predicted octanol–water partition coefficient (Wildman–Crippen LogP) is 2.57. The maximum absolute atomic E-state index is 4.25. The third-order valence-corrected chi connectivity index (χ3v) is 3.29. The van der Waals surface area contributed by atoms with Crippen molar-refractivity contribution in [3.63, 3.8) is 0 Å². The number of nitrogens with zero attached hydrogens (tertiary/aromatic N) is 2. The van der Waals surface area contributed by atoms with Crippen LogP contribution in [-0.4, -0.2) is 16.8 Å². The Bertz CT molecular complexity index is 365. The second-order valence-corrected chi connectivity index (χ2v) is 4.55. The number of hydrogen-bond acceptors (Lipinski definition) is 2. The summed E-state index contributed by atoms with van der Waals surface area (Å²) < 4.78 is 1.87. The molecule has 0 aromatic carbocycles. The summed E-state index contributed by atoms with van der Waals surface area (Å²) in [7, 11) is 4.00. The number of nitrogens with one attached hydrogen (secondary N) is 1. The van der Waals surface area contributed by atoms with Gasteiger partial charge in [0.1, 0.15) is 0 Å². The van der Waals surface area contributed by atoms with Crippen molar-refractivity contribution < 1.29 is 0 Å². The summed E-state index contributed by atoms with van der Waals surface area (Å²) in [4.78, 5) is 0. The van der Waals surface area contributed by atoms with Gasteiger partial charge in [0.15, 0.2) is 0 Å². The zero-order valence-electron chi connectivity index (χ0n) is 10.2. The summed E-state index contributed by atoms with van der Waals surface area (Å²) in [5.74, 6) is 0. The van der Waals surface area contributed by atoms with E-state index in [1.807, 2.05) is 25.0 Å². The highest BCUT2D eigenvalue weighted by Gasteiger charge is 2.16. The minimum Gasteiger partial charge on any atom is -0.310 e. The second-order valence-electron chi connectivity index (χ2n) is 4.55. The van der Waals surface area contributed by atoms with E-state index in [-0.39, 0.29) is 0 Å². The van der Waals surface area contributed by atoms with Crippen molar-refractivity contribution in [2.24, 2.45) is 7.05 Å². The van der Waals surface area contributed by atoms with Crippen LogP contribution in [0.15, 0.2) is 24.0 Å². The first-order valence-electron chi connectivity index (χ1n) is 6.16. The smallest absolute Gasteiger partial charge is 0.0564 e. The van der Waals surface area contributed by atoms with E-state index < -0.39 is 0 Å². The first-order chi connectivity index (χ1) is 7.81. The molecular formula is C13H21N3. The molecule has 1 aromatic rings. The normalized spacial score (nSPS) is 19.0. The minimum atomic E-state index is 0.354. The molecule has 0 saturated heterocycles. The first kappa shape index (κ1) is 11.4. The number of aryl methyl sites for hydroxylation is 1. The molecule has 0 bridgehead atoms. The largest absolute Gasteiger partial charge is 0.310 e. The topological polar surface area (TPSA) is 29.9 Å². The van der Waals surface area contributed by atoms with Gasteiger partial charge >= 0.3 is 0 Å². The van der Waals surface area contributed by atoms with Crippen molar-refractivity contribution in [2.75, 3.05) is 7.05 Å². The van der Waals surface area contributed by atoms with Crippen molar-refractivity contribution in [3.05, 3.63) is 29.6 Å². The lowest BCUT2D eigenvalue weighted by atomic mass is 9.97. The van der Waals surface area contributed by atoms with Gasteiger partial charge in [-0.25, -0.2) is 0 Å².